The Morgan fingerprint density at radius 3 is 2.95 bits per heavy atom. The number of hydrogen-bond acceptors (Lipinski definition) is 4. The lowest BCUT2D eigenvalue weighted by Crippen LogP contribution is -2.13. The topological polar surface area (TPSA) is 88.2 Å². The smallest absolute Gasteiger partial charge is 0.260 e. The van der Waals surface area contributed by atoms with Crippen molar-refractivity contribution in [1.29, 1.82) is 0 Å². The molecule has 0 radical (unpaired) electrons. The number of aromatic nitrogens is 1. The zero-order chi connectivity index (χ0) is 15.2. The van der Waals surface area contributed by atoms with Crippen LogP contribution in [0.3, 0.4) is 0 Å². The average molecular weight is 281 g/mol. The third-order valence-electron chi connectivity index (χ3n) is 2.73. The predicted octanol–water partition coefficient (Wildman–Crippen LogP) is 1.66. The van der Waals surface area contributed by atoms with Crippen LogP contribution in [0.15, 0.2) is 36.5 Å². The van der Waals surface area contributed by atoms with E-state index in [9.17, 15) is 9.90 Å². The lowest BCUT2D eigenvalue weighted by atomic mass is 10.1. The zero-order valence-corrected chi connectivity index (χ0v) is 11.6. The maximum Gasteiger partial charge on any atom is 0.260 e. The number of anilines is 1. The van der Waals surface area contributed by atoms with Crippen LogP contribution in [0.25, 0.3) is 0 Å². The van der Waals surface area contributed by atoms with Crippen molar-refractivity contribution in [2.45, 2.75) is 6.92 Å². The summed E-state index contributed by atoms with van der Waals surface area (Å²) in [6.45, 7) is 2.11. The van der Waals surface area contributed by atoms with Crippen LogP contribution in [0.4, 0.5) is 5.82 Å². The first-order valence-corrected chi connectivity index (χ1v) is 6.36. The quantitative estimate of drug-likeness (QED) is 0.730. The number of benzene rings is 1. The van der Waals surface area contributed by atoms with Gasteiger partial charge in [0.1, 0.15) is 11.6 Å². The minimum atomic E-state index is -0.423. The fourth-order valence-electron chi connectivity index (χ4n) is 1.75. The van der Waals surface area contributed by atoms with Crippen LogP contribution in [0.2, 0.25) is 0 Å². The van der Waals surface area contributed by atoms with E-state index in [1.807, 2.05) is 6.92 Å². The van der Waals surface area contributed by atoms with E-state index in [2.05, 4.69) is 22.1 Å². The van der Waals surface area contributed by atoms with Crippen molar-refractivity contribution in [2.24, 2.45) is 5.73 Å². The summed E-state index contributed by atoms with van der Waals surface area (Å²) < 4.78 is 0. The Morgan fingerprint density at radius 1 is 1.38 bits per heavy atom. The number of aromatic hydroxyl groups is 1. The Balaban J connectivity index is 2.21. The molecule has 0 spiro atoms. The number of amides is 1. The molecular weight excluding hydrogens is 266 g/mol. The van der Waals surface area contributed by atoms with E-state index in [0.29, 0.717) is 11.4 Å². The van der Waals surface area contributed by atoms with E-state index in [1.165, 1.54) is 6.07 Å². The molecule has 106 valence electrons. The van der Waals surface area contributed by atoms with Crippen LogP contribution in [0, 0.1) is 18.8 Å². The molecule has 1 aromatic carbocycles. The van der Waals surface area contributed by atoms with E-state index in [0.717, 1.165) is 5.56 Å². The lowest BCUT2D eigenvalue weighted by molar-refractivity contribution is 0.102. The summed E-state index contributed by atoms with van der Waals surface area (Å²) in [5, 5.41) is 12.4. The second-order valence-electron chi connectivity index (χ2n) is 4.41. The van der Waals surface area contributed by atoms with Crippen molar-refractivity contribution in [3.63, 3.8) is 0 Å². The van der Waals surface area contributed by atoms with Gasteiger partial charge in [0.15, 0.2) is 0 Å². The molecule has 5 heteroatoms. The molecule has 0 atom stereocenters. The molecule has 0 saturated heterocycles. The van der Waals surface area contributed by atoms with Gasteiger partial charge in [0, 0.05) is 11.8 Å². The first-order valence-electron chi connectivity index (χ1n) is 6.36. The molecular formula is C16H15N3O2. The molecule has 1 amide bonds. The van der Waals surface area contributed by atoms with Gasteiger partial charge in [-0.15, -0.1) is 0 Å². The highest BCUT2D eigenvalue weighted by Crippen LogP contribution is 2.19. The fraction of sp³-hybridized carbons (Fsp3) is 0.125. The maximum absolute atomic E-state index is 12.1. The van der Waals surface area contributed by atoms with Crippen LogP contribution in [0.5, 0.6) is 5.75 Å². The highest BCUT2D eigenvalue weighted by atomic mass is 16.3. The van der Waals surface area contributed by atoms with Crippen molar-refractivity contribution >= 4 is 11.7 Å². The summed E-state index contributed by atoms with van der Waals surface area (Å²) in [5.74, 6) is 5.46. The lowest BCUT2D eigenvalue weighted by Gasteiger charge is -2.07. The number of phenolic OH excluding ortho intramolecular Hbond substituents is 1. The number of nitrogens with two attached hydrogens (primary N) is 1. The molecule has 0 unspecified atom stereocenters. The number of carbonyl (C=O) groups is 1. The minimum Gasteiger partial charge on any atom is -0.507 e. The molecule has 21 heavy (non-hydrogen) atoms. The molecule has 0 aliphatic heterocycles. The summed E-state index contributed by atoms with van der Waals surface area (Å²) >= 11 is 0. The standard InChI is InChI=1S/C16H15N3O2/c1-11-4-5-14(20)13(9-11)16(21)19-15-10-12(3-2-7-17)6-8-18-15/h4-6,8-10,20H,7,17H2,1H3,(H,18,19,21). The molecule has 0 bridgehead atoms. The van der Waals surface area contributed by atoms with Crippen molar-refractivity contribution < 1.29 is 9.90 Å². The molecule has 1 heterocycles. The summed E-state index contributed by atoms with van der Waals surface area (Å²) in [6.07, 6.45) is 1.55. The van der Waals surface area contributed by atoms with Crippen molar-refractivity contribution in [3.8, 4) is 17.6 Å². The van der Waals surface area contributed by atoms with Crippen molar-refractivity contribution in [3.05, 3.63) is 53.2 Å². The summed E-state index contributed by atoms with van der Waals surface area (Å²) in [6, 6.07) is 8.20. The van der Waals surface area contributed by atoms with Crippen LogP contribution in [0.1, 0.15) is 21.5 Å². The maximum atomic E-state index is 12.1. The highest BCUT2D eigenvalue weighted by Gasteiger charge is 2.12. The molecule has 0 fully saturated rings. The van der Waals surface area contributed by atoms with E-state index in [1.54, 1.807) is 30.5 Å². The number of hydrogen-bond donors (Lipinski definition) is 3. The van der Waals surface area contributed by atoms with Gasteiger partial charge in [-0.05, 0) is 31.2 Å². The largest absolute Gasteiger partial charge is 0.507 e. The third-order valence-corrected chi connectivity index (χ3v) is 2.73. The molecule has 5 nitrogen and oxygen atoms in total. The van der Waals surface area contributed by atoms with Crippen LogP contribution >= 0.6 is 0 Å². The molecule has 1 aromatic heterocycles. The second kappa shape index (κ2) is 6.55. The number of phenols is 1. The summed E-state index contributed by atoms with van der Waals surface area (Å²) in [4.78, 5) is 16.2. The van der Waals surface area contributed by atoms with Crippen LogP contribution in [-0.4, -0.2) is 22.5 Å². The Kier molecular flexibility index (Phi) is 4.54. The van der Waals surface area contributed by atoms with E-state index in [4.69, 9.17) is 5.73 Å². The van der Waals surface area contributed by atoms with Gasteiger partial charge in [-0.1, -0.05) is 23.5 Å². The molecule has 4 N–H and O–H groups in total. The molecule has 0 saturated carbocycles. The van der Waals surface area contributed by atoms with Gasteiger partial charge in [0.05, 0.1) is 12.1 Å². The number of pyridine rings is 1. The SMILES string of the molecule is Cc1ccc(O)c(C(=O)Nc2cc(C#CCN)ccn2)c1. The van der Waals surface area contributed by atoms with E-state index in [-0.39, 0.29) is 17.9 Å². The number of nitrogens with zero attached hydrogens (tertiary/aromatic N) is 1. The Morgan fingerprint density at radius 2 is 2.19 bits per heavy atom. The van der Waals surface area contributed by atoms with Gasteiger partial charge in [-0.25, -0.2) is 4.98 Å². The van der Waals surface area contributed by atoms with Gasteiger partial charge in [0.2, 0.25) is 0 Å². The highest BCUT2D eigenvalue weighted by molar-refractivity contribution is 6.05. The molecule has 0 aliphatic rings. The first-order chi connectivity index (χ1) is 10.1. The van der Waals surface area contributed by atoms with Crippen LogP contribution in [-0.2, 0) is 0 Å². The van der Waals surface area contributed by atoms with Gasteiger partial charge < -0.3 is 16.2 Å². The average Bonchev–Trinajstić information content (AvgIpc) is 2.48. The van der Waals surface area contributed by atoms with E-state index < -0.39 is 5.91 Å². The van der Waals surface area contributed by atoms with E-state index >= 15 is 0 Å². The fourth-order valence-corrected chi connectivity index (χ4v) is 1.75. The summed E-state index contributed by atoms with van der Waals surface area (Å²) in [7, 11) is 0. The Labute approximate surface area is 122 Å². The Hall–Kier alpha value is -2.84. The van der Waals surface area contributed by atoms with Crippen molar-refractivity contribution in [1.82, 2.24) is 4.98 Å². The zero-order valence-electron chi connectivity index (χ0n) is 11.6. The number of nitrogens with one attached hydrogen (secondary N) is 1. The number of carbonyl (C=O) groups excluding carboxylic acids is 1. The van der Waals surface area contributed by atoms with Crippen molar-refractivity contribution in [2.75, 3.05) is 11.9 Å². The molecule has 2 rings (SSSR count). The summed E-state index contributed by atoms with van der Waals surface area (Å²) in [5.41, 5.74) is 7.11. The monoisotopic (exact) mass is 281 g/mol. The second-order valence-corrected chi connectivity index (χ2v) is 4.41. The number of rotatable bonds is 2. The van der Waals surface area contributed by atoms with Gasteiger partial charge in [-0.3, -0.25) is 4.79 Å². The normalized spacial score (nSPS) is 9.62. The predicted molar refractivity (Wildman–Crippen MR) is 81.0 cm³/mol. The first kappa shape index (κ1) is 14.6. The van der Waals surface area contributed by atoms with Crippen LogP contribution < -0.4 is 11.1 Å². The molecule has 0 aliphatic carbocycles. The minimum absolute atomic E-state index is 0.0721. The van der Waals surface area contributed by atoms with Gasteiger partial charge in [0.25, 0.3) is 5.91 Å². The van der Waals surface area contributed by atoms with Gasteiger partial charge in [-0.2, -0.15) is 0 Å². The molecule has 2 aromatic rings. The van der Waals surface area contributed by atoms with Gasteiger partial charge >= 0.3 is 0 Å². The third kappa shape index (κ3) is 3.81. The Bertz CT molecular complexity index is 730. The number of aryl methyl sites for hydroxylation is 1.